The van der Waals surface area contributed by atoms with Crippen LogP contribution in [0.5, 0.6) is 0 Å². The molecule has 3 aliphatic heterocycles. The van der Waals surface area contributed by atoms with Crippen molar-refractivity contribution in [3.8, 4) is 0 Å². The lowest BCUT2D eigenvalue weighted by Crippen LogP contribution is -2.53. The van der Waals surface area contributed by atoms with E-state index < -0.39 is 0 Å². The first-order chi connectivity index (χ1) is 7.29. The summed E-state index contributed by atoms with van der Waals surface area (Å²) in [6.07, 6.45) is 4.40. The SMILES string of the molecule is O=C1CCC2CC3(CCN12)OCCCO3. The largest absolute Gasteiger partial charge is 0.350 e. The van der Waals surface area contributed by atoms with Crippen LogP contribution in [0.2, 0.25) is 0 Å². The average molecular weight is 211 g/mol. The first kappa shape index (κ1) is 9.60. The fraction of sp³-hybridized carbons (Fsp3) is 0.909. The van der Waals surface area contributed by atoms with Crippen LogP contribution in [-0.2, 0) is 14.3 Å². The van der Waals surface area contributed by atoms with Crippen molar-refractivity contribution >= 4 is 5.91 Å². The highest BCUT2D eigenvalue weighted by atomic mass is 16.7. The van der Waals surface area contributed by atoms with Crippen molar-refractivity contribution in [2.75, 3.05) is 19.8 Å². The number of fused-ring (bicyclic) bond motifs is 1. The predicted octanol–water partition coefficient (Wildman–Crippen LogP) is 0.904. The van der Waals surface area contributed by atoms with Crippen molar-refractivity contribution in [3.63, 3.8) is 0 Å². The maximum Gasteiger partial charge on any atom is 0.222 e. The molecule has 1 spiro atoms. The number of piperidine rings is 1. The van der Waals surface area contributed by atoms with Gasteiger partial charge in [0, 0.05) is 31.8 Å². The molecule has 15 heavy (non-hydrogen) atoms. The Hall–Kier alpha value is -0.610. The van der Waals surface area contributed by atoms with Gasteiger partial charge >= 0.3 is 0 Å². The van der Waals surface area contributed by atoms with E-state index in [1.54, 1.807) is 0 Å². The molecule has 0 aromatic heterocycles. The molecule has 1 amide bonds. The Morgan fingerprint density at radius 2 is 2.13 bits per heavy atom. The van der Waals surface area contributed by atoms with E-state index in [0.29, 0.717) is 18.4 Å². The zero-order chi connectivity index (χ0) is 10.3. The minimum Gasteiger partial charge on any atom is -0.350 e. The molecule has 3 heterocycles. The van der Waals surface area contributed by atoms with E-state index in [1.165, 1.54) is 0 Å². The quantitative estimate of drug-likeness (QED) is 0.597. The summed E-state index contributed by atoms with van der Waals surface area (Å²) in [7, 11) is 0. The van der Waals surface area contributed by atoms with Crippen LogP contribution in [-0.4, -0.2) is 42.4 Å². The highest BCUT2D eigenvalue weighted by Gasteiger charge is 2.46. The summed E-state index contributed by atoms with van der Waals surface area (Å²) in [5.74, 6) is -0.0463. The molecule has 0 N–H and O–H groups in total. The van der Waals surface area contributed by atoms with Gasteiger partial charge in [-0.3, -0.25) is 4.79 Å². The minimum atomic E-state index is -0.357. The zero-order valence-electron chi connectivity index (χ0n) is 8.91. The van der Waals surface area contributed by atoms with Gasteiger partial charge in [-0.05, 0) is 12.8 Å². The van der Waals surface area contributed by atoms with Gasteiger partial charge in [0.25, 0.3) is 0 Å². The molecular formula is C11H17NO3. The second-order valence-corrected chi connectivity index (χ2v) is 4.69. The van der Waals surface area contributed by atoms with Crippen LogP contribution in [0.25, 0.3) is 0 Å². The molecular weight excluding hydrogens is 194 g/mol. The van der Waals surface area contributed by atoms with Crippen LogP contribution in [0, 0.1) is 0 Å². The molecule has 1 atom stereocenters. The molecule has 4 nitrogen and oxygen atoms in total. The van der Waals surface area contributed by atoms with E-state index >= 15 is 0 Å². The Bertz CT molecular complexity index is 273. The van der Waals surface area contributed by atoms with Crippen molar-refractivity contribution in [1.82, 2.24) is 4.90 Å². The van der Waals surface area contributed by atoms with Crippen molar-refractivity contribution in [2.45, 2.75) is 43.9 Å². The standard InChI is InChI=1S/C11H17NO3/c13-10-3-2-9-8-11(4-5-12(9)10)14-6-1-7-15-11/h9H,1-8H2. The second-order valence-electron chi connectivity index (χ2n) is 4.69. The van der Waals surface area contributed by atoms with Gasteiger partial charge in [0.15, 0.2) is 5.79 Å². The predicted molar refractivity (Wildman–Crippen MR) is 53.2 cm³/mol. The molecule has 1 unspecified atom stereocenters. The Morgan fingerprint density at radius 3 is 2.93 bits per heavy atom. The van der Waals surface area contributed by atoms with Crippen LogP contribution in [0.1, 0.15) is 32.1 Å². The third-order valence-corrected chi connectivity index (χ3v) is 3.75. The topological polar surface area (TPSA) is 38.8 Å². The summed E-state index contributed by atoms with van der Waals surface area (Å²) in [6, 6.07) is 0.365. The van der Waals surface area contributed by atoms with Gasteiger partial charge in [-0.25, -0.2) is 0 Å². The third kappa shape index (κ3) is 1.56. The lowest BCUT2D eigenvalue weighted by atomic mass is 9.95. The van der Waals surface area contributed by atoms with Crippen LogP contribution in [0.4, 0.5) is 0 Å². The van der Waals surface area contributed by atoms with Crippen LogP contribution in [0.15, 0.2) is 0 Å². The van der Waals surface area contributed by atoms with E-state index in [1.807, 2.05) is 4.90 Å². The Labute approximate surface area is 89.5 Å². The summed E-state index contributed by atoms with van der Waals surface area (Å²) in [6.45, 7) is 2.42. The monoisotopic (exact) mass is 211 g/mol. The maximum atomic E-state index is 11.5. The van der Waals surface area contributed by atoms with Crippen LogP contribution < -0.4 is 0 Å². The number of nitrogens with zero attached hydrogens (tertiary/aromatic N) is 1. The fourth-order valence-corrected chi connectivity index (χ4v) is 2.94. The summed E-state index contributed by atoms with van der Waals surface area (Å²) in [4.78, 5) is 13.5. The summed E-state index contributed by atoms with van der Waals surface area (Å²) in [5.41, 5.74) is 0. The van der Waals surface area contributed by atoms with Gasteiger partial charge in [-0.2, -0.15) is 0 Å². The molecule has 0 aromatic rings. The maximum absolute atomic E-state index is 11.5. The number of hydrogen-bond donors (Lipinski definition) is 0. The molecule has 3 saturated heterocycles. The second kappa shape index (κ2) is 3.46. The van der Waals surface area contributed by atoms with Crippen molar-refractivity contribution in [1.29, 1.82) is 0 Å². The Balaban J connectivity index is 1.73. The first-order valence-electron chi connectivity index (χ1n) is 5.86. The molecule has 4 heteroatoms. The van der Waals surface area contributed by atoms with E-state index in [2.05, 4.69) is 0 Å². The first-order valence-corrected chi connectivity index (χ1v) is 5.86. The average Bonchev–Trinajstić information content (AvgIpc) is 2.61. The van der Waals surface area contributed by atoms with Gasteiger partial charge in [0.05, 0.1) is 13.2 Å². The molecule has 0 aliphatic carbocycles. The summed E-state index contributed by atoms with van der Waals surface area (Å²) in [5, 5.41) is 0. The minimum absolute atomic E-state index is 0.311. The Morgan fingerprint density at radius 1 is 1.33 bits per heavy atom. The van der Waals surface area contributed by atoms with Gasteiger partial charge in [-0.1, -0.05) is 0 Å². The van der Waals surface area contributed by atoms with E-state index in [4.69, 9.17) is 9.47 Å². The lowest BCUT2D eigenvalue weighted by molar-refractivity contribution is -0.287. The lowest BCUT2D eigenvalue weighted by Gasteiger charge is -2.45. The smallest absolute Gasteiger partial charge is 0.222 e. The molecule has 0 bridgehead atoms. The molecule has 0 saturated carbocycles. The van der Waals surface area contributed by atoms with Crippen LogP contribution >= 0.6 is 0 Å². The molecule has 3 aliphatic rings. The normalized spacial score (nSPS) is 34.5. The molecule has 84 valence electrons. The summed E-state index contributed by atoms with van der Waals surface area (Å²) < 4.78 is 11.6. The van der Waals surface area contributed by atoms with Gasteiger partial charge in [-0.15, -0.1) is 0 Å². The summed E-state index contributed by atoms with van der Waals surface area (Å²) >= 11 is 0. The highest BCUT2D eigenvalue weighted by Crippen LogP contribution is 2.38. The number of rotatable bonds is 0. The molecule has 3 rings (SSSR count). The molecule has 0 aromatic carbocycles. The van der Waals surface area contributed by atoms with E-state index in [0.717, 1.165) is 45.4 Å². The van der Waals surface area contributed by atoms with Crippen molar-refractivity contribution in [2.24, 2.45) is 0 Å². The number of hydrogen-bond acceptors (Lipinski definition) is 3. The van der Waals surface area contributed by atoms with Gasteiger partial charge < -0.3 is 14.4 Å². The Kier molecular flexibility index (Phi) is 2.21. The number of amides is 1. The van der Waals surface area contributed by atoms with Gasteiger partial charge in [0.2, 0.25) is 5.91 Å². The third-order valence-electron chi connectivity index (χ3n) is 3.75. The van der Waals surface area contributed by atoms with Crippen molar-refractivity contribution < 1.29 is 14.3 Å². The zero-order valence-corrected chi connectivity index (χ0v) is 8.91. The molecule has 3 fully saturated rings. The highest BCUT2D eigenvalue weighted by molar-refractivity contribution is 5.78. The van der Waals surface area contributed by atoms with Gasteiger partial charge in [0.1, 0.15) is 0 Å². The van der Waals surface area contributed by atoms with Crippen molar-refractivity contribution in [3.05, 3.63) is 0 Å². The fourth-order valence-electron chi connectivity index (χ4n) is 2.94. The van der Waals surface area contributed by atoms with Crippen LogP contribution in [0.3, 0.4) is 0 Å². The number of carbonyl (C=O) groups excluding carboxylic acids is 1. The molecule has 0 radical (unpaired) electrons. The number of ether oxygens (including phenoxy) is 2. The van der Waals surface area contributed by atoms with E-state index in [9.17, 15) is 4.79 Å². The number of carbonyl (C=O) groups is 1. The van der Waals surface area contributed by atoms with E-state index in [-0.39, 0.29) is 5.79 Å².